The van der Waals surface area contributed by atoms with Crippen LogP contribution in [0, 0.1) is 0 Å². The second-order valence-corrected chi connectivity index (χ2v) is 6.68. The lowest BCUT2D eigenvalue weighted by Gasteiger charge is -2.26. The molecular formula is C18H17BrN6. The van der Waals surface area contributed by atoms with E-state index in [4.69, 9.17) is 0 Å². The quantitative estimate of drug-likeness (QED) is 0.717. The van der Waals surface area contributed by atoms with Crippen LogP contribution in [0.25, 0.3) is 0 Å². The molecule has 0 spiro atoms. The van der Waals surface area contributed by atoms with Crippen molar-refractivity contribution in [2.45, 2.75) is 13.1 Å². The zero-order valence-electron chi connectivity index (χ0n) is 13.5. The molecule has 0 amide bonds. The highest BCUT2D eigenvalue weighted by atomic mass is 79.9. The van der Waals surface area contributed by atoms with Crippen LogP contribution in [0.5, 0.6) is 0 Å². The third-order valence-electron chi connectivity index (χ3n) is 3.91. The molecule has 0 unspecified atom stereocenters. The van der Waals surface area contributed by atoms with Gasteiger partial charge in [-0.15, -0.1) is 5.10 Å². The molecule has 0 bridgehead atoms. The normalized spacial score (nSPS) is 13.3. The Balaban J connectivity index is 1.46. The van der Waals surface area contributed by atoms with Crippen LogP contribution in [0.4, 0.5) is 5.69 Å². The van der Waals surface area contributed by atoms with Gasteiger partial charge in [0.25, 0.3) is 0 Å². The minimum absolute atomic E-state index is 0.716. The van der Waals surface area contributed by atoms with Crippen LogP contribution < -0.4 is 10.7 Å². The SMILES string of the molecule is Brc1ccc(CN2C=NNN2c2cnn(Cc3ccccc3)c2)cc1. The summed E-state index contributed by atoms with van der Waals surface area (Å²) in [7, 11) is 0. The number of nitrogens with one attached hydrogen (secondary N) is 1. The first kappa shape index (κ1) is 15.7. The summed E-state index contributed by atoms with van der Waals surface area (Å²) in [4.78, 5) is 0. The molecule has 2 aromatic carbocycles. The summed E-state index contributed by atoms with van der Waals surface area (Å²) in [6.07, 6.45) is 5.61. The first-order valence-electron chi connectivity index (χ1n) is 7.94. The Morgan fingerprint density at radius 2 is 1.68 bits per heavy atom. The molecule has 4 rings (SSSR count). The molecule has 25 heavy (non-hydrogen) atoms. The lowest BCUT2D eigenvalue weighted by molar-refractivity contribution is 0.377. The lowest BCUT2D eigenvalue weighted by atomic mass is 10.2. The molecule has 3 aromatic rings. The van der Waals surface area contributed by atoms with Crippen LogP contribution in [0.2, 0.25) is 0 Å². The van der Waals surface area contributed by atoms with Gasteiger partial charge in [-0.2, -0.15) is 15.8 Å². The molecular weight excluding hydrogens is 380 g/mol. The number of rotatable bonds is 5. The third kappa shape index (κ3) is 3.66. The van der Waals surface area contributed by atoms with E-state index >= 15 is 0 Å². The number of benzene rings is 2. The number of hydrogen-bond donors (Lipinski definition) is 1. The van der Waals surface area contributed by atoms with Gasteiger partial charge in [0, 0.05) is 4.47 Å². The van der Waals surface area contributed by atoms with Crippen molar-refractivity contribution in [1.82, 2.24) is 20.3 Å². The average Bonchev–Trinajstić information content (AvgIpc) is 3.27. The summed E-state index contributed by atoms with van der Waals surface area (Å²) in [6, 6.07) is 18.5. The van der Waals surface area contributed by atoms with E-state index in [1.165, 1.54) is 11.1 Å². The topological polar surface area (TPSA) is 48.7 Å². The van der Waals surface area contributed by atoms with Gasteiger partial charge in [-0.05, 0) is 23.3 Å². The summed E-state index contributed by atoms with van der Waals surface area (Å²) in [6.45, 7) is 1.45. The van der Waals surface area contributed by atoms with Gasteiger partial charge in [0.2, 0.25) is 0 Å². The number of hydrazone groups is 1. The van der Waals surface area contributed by atoms with Crippen molar-refractivity contribution in [3.05, 3.63) is 82.6 Å². The van der Waals surface area contributed by atoms with Gasteiger partial charge in [-0.1, -0.05) is 58.4 Å². The molecule has 0 atom stereocenters. The Bertz CT molecular complexity index is 859. The van der Waals surface area contributed by atoms with Gasteiger partial charge in [0.15, 0.2) is 0 Å². The average molecular weight is 397 g/mol. The van der Waals surface area contributed by atoms with Gasteiger partial charge < -0.3 is 0 Å². The van der Waals surface area contributed by atoms with E-state index in [1.54, 1.807) is 6.34 Å². The van der Waals surface area contributed by atoms with Crippen molar-refractivity contribution in [1.29, 1.82) is 0 Å². The molecule has 1 N–H and O–H groups in total. The fourth-order valence-electron chi connectivity index (χ4n) is 2.67. The third-order valence-corrected chi connectivity index (χ3v) is 4.44. The van der Waals surface area contributed by atoms with Crippen LogP contribution in [-0.2, 0) is 13.1 Å². The van der Waals surface area contributed by atoms with E-state index in [9.17, 15) is 0 Å². The first-order chi connectivity index (χ1) is 12.3. The summed E-state index contributed by atoms with van der Waals surface area (Å²) in [5, 5.41) is 12.5. The maximum absolute atomic E-state index is 4.46. The number of nitrogens with zero attached hydrogens (tertiary/aromatic N) is 5. The number of hydrogen-bond acceptors (Lipinski definition) is 5. The number of aromatic nitrogens is 2. The lowest BCUT2D eigenvalue weighted by Crippen LogP contribution is -2.42. The summed E-state index contributed by atoms with van der Waals surface area (Å²) < 4.78 is 2.99. The highest BCUT2D eigenvalue weighted by molar-refractivity contribution is 9.10. The van der Waals surface area contributed by atoms with E-state index in [1.807, 2.05) is 57.5 Å². The van der Waals surface area contributed by atoms with E-state index in [2.05, 4.69) is 55.9 Å². The van der Waals surface area contributed by atoms with Gasteiger partial charge >= 0.3 is 0 Å². The molecule has 0 fully saturated rings. The Morgan fingerprint density at radius 3 is 2.48 bits per heavy atom. The predicted molar refractivity (Wildman–Crippen MR) is 102 cm³/mol. The Labute approximate surface area is 154 Å². The summed E-state index contributed by atoms with van der Waals surface area (Å²) >= 11 is 3.46. The van der Waals surface area contributed by atoms with Gasteiger partial charge in [-0.3, -0.25) is 4.68 Å². The van der Waals surface area contributed by atoms with Crippen molar-refractivity contribution in [2.75, 3.05) is 5.12 Å². The Morgan fingerprint density at radius 1 is 0.920 bits per heavy atom. The van der Waals surface area contributed by atoms with Crippen molar-refractivity contribution < 1.29 is 0 Å². The molecule has 1 aromatic heterocycles. The second kappa shape index (κ2) is 6.98. The van der Waals surface area contributed by atoms with Crippen molar-refractivity contribution in [2.24, 2.45) is 5.10 Å². The van der Waals surface area contributed by atoms with Crippen molar-refractivity contribution >= 4 is 28.0 Å². The van der Waals surface area contributed by atoms with Crippen molar-refractivity contribution in [3.63, 3.8) is 0 Å². The van der Waals surface area contributed by atoms with Crippen LogP contribution in [0.15, 0.2) is 76.6 Å². The van der Waals surface area contributed by atoms with Gasteiger partial charge in [-0.25, -0.2) is 5.01 Å². The highest BCUT2D eigenvalue weighted by Crippen LogP contribution is 2.19. The first-order valence-corrected chi connectivity index (χ1v) is 8.73. The zero-order valence-corrected chi connectivity index (χ0v) is 15.0. The molecule has 0 saturated heterocycles. The molecule has 2 heterocycles. The van der Waals surface area contributed by atoms with E-state index in [-0.39, 0.29) is 0 Å². The monoisotopic (exact) mass is 396 g/mol. The van der Waals surface area contributed by atoms with Crippen LogP contribution in [0.1, 0.15) is 11.1 Å². The Kier molecular flexibility index (Phi) is 4.39. The number of hydrazine groups is 2. The molecule has 0 aliphatic carbocycles. The smallest absolute Gasteiger partial charge is 0.134 e. The molecule has 7 heteroatoms. The number of anilines is 1. The fourth-order valence-corrected chi connectivity index (χ4v) is 2.93. The van der Waals surface area contributed by atoms with E-state index in [0.29, 0.717) is 6.54 Å². The minimum Gasteiger partial charge on any atom is -0.266 e. The summed E-state index contributed by atoms with van der Waals surface area (Å²) in [5.74, 6) is 0. The summed E-state index contributed by atoms with van der Waals surface area (Å²) in [5.41, 5.74) is 6.35. The second-order valence-electron chi connectivity index (χ2n) is 5.76. The molecule has 1 aliphatic rings. The maximum Gasteiger partial charge on any atom is 0.134 e. The van der Waals surface area contributed by atoms with Crippen LogP contribution in [-0.4, -0.2) is 21.1 Å². The van der Waals surface area contributed by atoms with Gasteiger partial charge in [0.05, 0.1) is 25.5 Å². The van der Waals surface area contributed by atoms with Crippen molar-refractivity contribution in [3.8, 4) is 0 Å². The van der Waals surface area contributed by atoms with Crippen LogP contribution >= 0.6 is 15.9 Å². The minimum atomic E-state index is 0.716. The largest absolute Gasteiger partial charge is 0.266 e. The van der Waals surface area contributed by atoms with E-state index < -0.39 is 0 Å². The van der Waals surface area contributed by atoms with Gasteiger partial charge in [0.1, 0.15) is 12.0 Å². The molecule has 0 saturated carbocycles. The highest BCUT2D eigenvalue weighted by Gasteiger charge is 2.19. The fraction of sp³-hybridized carbons (Fsp3) is 0.111. The standard InChI is InChI=1S/C18H17BrN6/c19-17-8-6-16(7-9-17)12-24-14-20-22-25(24)18-10-21-23(13-18)11-15-4-2-1-3-5-15/h1-10,13-14,22H,11-12H2. The maximum atomic E-state index is 4.46. The molecule has 0 radical (unpaired) electrons. The molecule has 126 valence electrons. The molecule has 1 aliphatic heterocycles. The van der Waals surface area contributed by atoms with E-state index in [0.717, 1.165) is 16.7 Å². The Hall–Kier alpha value is -2.80. The van der Waals surface area contributed by atoms with Crippen LogP contribution in [0.3, 0.4) is 0 Å². The molecule has 6 nitrogen and oxygen atoms in total. The predicted octanol–water partition coefficient (Wildman–Crippen LogP) is 3.38. The zero-order chi connectivity index (χ0) is 17.1. The number of halogens is 1.